The summed E-state index contributed by atoms with van der Waals surface area (Å²) >= 11 is 0. The molecule has 0 fully saturated rings. The highest BCUT2D eigenvalue weighted by Crippen LogP contribution is 2.12. The molecular weight excluding hydrogens is 901 g/mol. The Labute approximate surface area is 446 Å². The standard InChI is InChI=1S/C67H100O6/c1-4-7-10-13-16-19-22-25-28-31-33-36-39-42-45-48-51-54-57-60-66(69)72-63-64(62-71-65(68)59-56-53-50-47-44-41-38-35-30-27-24-21-18-15-12-9-6-3)73-67(70)61-58-55-52-49-46-43-40-37-34-32-29-26-23-20-17-14-11-8-5-2/h7-8,10-11,13,16-22,25-31,33-34,36-37,39,42-43,45-46,52,55,64H,4-6,9,12,14-15,23-24,32,35,38,40-41,44,47-51,53-54,56-63H2,1-3H3/b10-7-,11-8-,16-13-,20-17-,21-18-,22-19-,28-25-,29-26-,30-27-,33-31+,37-34-,39-36-,45-42-,46-43-,55-52-. The van der Waals surface area contributed by atoms with Crippen LogP contribution in [0.5, 0.6) is 0 Å². The van der Waals surface area contributed by atoms with E-state index < -0.39 is 12.1 Å². The third-order valence-electron chi connectivity index (χ3n) is 11.1. The molecule has 73 heavy (non-hydrogen) atoms. The van der Waals surface area contributed by atoms with E-state index in [0.29, 0.717) is 19.3 Å². The van der Waals surface area contributed by atoms with Gasteiger partial charge in [0, 0.05) is 19.3 Å². The summed E-state index contributed by atoms with van der Waals surface area (Å²) in [5, 5.41) is 0. The van der Waals surface area contributed by atoms with Gasteiger partial charge in [-0.2, -0.15) is 0 Å². The quantitative estimate of drug-likeness (QED) is 0.0199. The number of allylic oxidation sites excluding steroid dienone is 30. The summed E-state index contributed by atoms with van der Waals surface area (Å²) < 4.78 is 16.7. The largest absolute Gasteiger partial charge is 0.462 e. The SMILES string of the molecule is CC\C=C/C=C\C=C/C=C\C=C\C=C/C=C\CCCCCC(=O)OCC(COC(=O)CCCCCCCCC/C=C\C/C=C\CCCCC)OC(=O)CC/C=C\C/C=C\C/C=C\C/C=C\C/C=C\C/C=C\CC. The van der Waals surface area contributed by atoms with E-state index in [1.165, 1.54) is 51.4 Å². The molecule has 0 radical (unpaired) electrons. The highest BCUT2D eigenvalue weighted by atomic mass is 16.6. The molecule has 0 aliphatic heterocycles. The first-order chi connectivity index (χ1) is 36.0. The smallest absolute Gasteiger partial charge is 0.306 e. The first-order valence-corrected chi connectivity index (χ1v) is 28.4. The molecule has 0 spiro atoms. The second kappa shape index (κ2) is 59.1. The molecule has 0 heterocycles. The lowest BCUT2D eigenvalue weighted by atomic mass is 10.1. The maximum absolute atomic E-state index is 12.8. The number of esters is 3. The van der Waals surface area contributed by atoms with Crippen molar-refractivity contribution >= 4 is 17.9 Å². The average molecular weight is 1000 g/mol. The van der Waals surface area contributed by atoms with Gasteiger partial charge in [-0.1, -0.05) is 254 Å². The Bertz CT molecular complexity index is 1770. The van der Waals surface area contributed by atoms with E-state index in [0.717, 1.165) is 96.3 Å². The molecule has 0 aliphatic rings. The lowest BCUT2D eigenvalue weighted by molar-refractivity contribution is -0.166. The lowest BCUT2D eigenvalue weighted by Crippen LogP contribution is -2.30. The maximum atomic E-state index is 12.8. The van der Waals surface area contributed by atoms with E-state index in [9.17, 15) is 14.4 Å². The van der Waals surface area contributed by atoms with Gasteiger partial charge >= 0.3 is 17.9 Å². The molecule has 0 amide bonds. The van der Waals surface area contributed by atoms with E-state index in [-0.39, 0.29) is 38.0 Å². The monoisotopic (exact) mass is 1000 g/mol. The van der Waals surface area contributed by atoms with E-state index >= 15 is 0 Å². The van der Waals surface area contributed by atoms with Gasteiger partial charge in [-0.3, -0.25) is 14.4 Å². The zero-order valence-electron chi connectivity index (χ0n) is 46.1. The van der Waals surface area contributed by atoms with Gasteiger partial charge in [-0.05, 0) is 109 Å². The van der Waals surface area contributed by atoms with Crippen LogP contribution in [-0.2, 0) is 28.6 Å². The van der Waals surface area contributed by atoms with Crippen LogP contribution in [0.2, 0.25) is 0 Å². The molecule has 0 saturated carbocycles. The van der Waals surface area contributed by atoms with Crippen LogP contribution in [0.3, 0.4) is 0 Å². The summed E-state index contributed by atoms with van der Waals surface area (Å²) in [6.07, 6.45) is 88.8. The summed E-state index contributed by atoms with van der Waals surface area (Å²) in [5.41, 5.74) is 0. The normalized spacial score (nSPS) is 13.5. The third-order valence-corrected chi connectivity index (χ3v) is 11.1. The van der Waals surface area contributed by atoms with Crippen LogP contribution in [-0.4, -0.2) is 37.2 Å². The number of carbonyl (C=O) groups excluding carboxylic acids is 3. The second-order valence-corrected chi connectivity index (χ2v) is 17.9. The van der Waals surface area contributed by atoms with Gasteiger partial charge in [-0.15, -0.1) is 0 Å². The van der Waals surface area contributed by atoms with Crippen molar-refractivity contribution in [1.29, 1.82) is 0 Å². The van der Waals surface area contributed by atoms with Crippen molar-refractivity contribution in [2.24, 2.45) is 0 Å². The summed E-state index contributed by atoms with van der Waals surface area (Å²) in [6.45, 7) is 6.22. The van der Waals surface area contributed by atoms with Crippen molar-refractivity contribution in [2.45, 2.75) is 207 Å². The molecule has 6 nitrogen and oxygen atoms in total. The minimum atomic E-state index is -0.853. The fraction of sp³-hybridized carbons (Fsp3) is 0.507. The number of rotatable bonds is 48. The van der Waals surface area contributed by atoms with Crippen molar-refractivity contribution in [3.63, 3.8) is 0 Å². The molecule has 1 unspecified atom stereocenters. The molecule has 0 rings (SSSR count). The van der Waals surface area contributed by atoms with Crippen molar-refractivity contribution in [3.05, 3.63) is 182 Å². The highest BCUT2D eigenvalue weighted by Gasteiger charge is 2.19. The zero-order valence-corrected chi connectivity index (χ0v) is 46.1. The number of carbonyl (C=O) groups is 3. The van der Waals surface area contributed by atoms with Crippen LogP contribution in [0.1, 0.15) is 201 Å². The first kappa shape index (κ1) is 67.5. The molecule has 0 aromatic carbocycles. The van der Waals surface area contributed by atoms with Gasteiger partial charge in [0.25, 0.3) is 0 Å². The van der Waals surface area contributed by atoms with Crippen LogP contribution >= 0.6 is 0 Å². The van der Waals surface area contributed by atoms with Crippen LogP contribution < -0.4 is 0 Å². The summed E-state index contributed by atoms with van der Waals surface area (Å²) in [7, 11) is 0. The van der Waals surface area contributed by atoms with Gasteiger partial charge in [-0.25, -0.2) is 0 Å². The van der Waals surface area contributed by atoms with Crippen molar-refractivity contribution in [3.8, 4) is 0 Å². The van der Waals surface area contributed by atoms with Crippen LogP contribution in [0, 0.1) is 0 Å². The topological polar surface area (TPSA) is 78.9 Å². The van der Waals surface area contributed by atoms with Gasteiger partial charge in [0.05, 0.1) is 0 Å². The molecule has 0 aromatic rings. The Kier molecular flexibility index (Phi) is 54.6. The Balaban J connectivity index is 4.67. The molecule has 6 heteroatoms. The van der Waals surface area contributed by atoms with E-state index in [1.54, 1.807) is 0 Å². The molecule has 0 aromatic heterocycles. The van der Waals surface area contributed by atoms with Gasteiger partial charge in [0.2, 0.25) is 0 Å². The van der Waals surface area contributed by atoms with Gasteiger partial charge < -0.3 is 14.2 Å². The molecular formula is C67H100O6. The van der Waals surface area contributed by atoms with Crippen LogP contribution in [0.15, 0.2) is 182 Å². The van der Waals surface area contributed by atoms with Crippen molar-refractivity contribution in [1.82, 2.24) is 0 Å². The molecule has 0 bridgehead atoms. The molecule has 0 aliphatic carbocycles. The predicted molar refractivity (Wildman–Crippen MR) is 315 cm³/mol. The molecule has 404 valence electrons. The number of hydrogen-bond donors (Lipinski definition) is 0. The van der Waals surface area contributed by atoms with Crippen LogP contribution in [0.25, 0.3) is 0 Å². The van der Waals surface area contributed by atoms with Gasteiger partial charge in [0.1, 0.15) is 13.2 Å². The second-order valence-electron chi connectivity index (χ2n) is 17.9. The van der Waals surface area contributed by atoms with E-state index in [1.807, 2.05) is 85.1 Å². The zero-order chi connectivity index (χ0) is 52.9. The minimum Gasteiger partial charge on any atom is -0.462 e. The fourth-order valence-corrected chi connectivity index (χ4v) is 6.89. The van der Waals surface area contributed by atoms with E-state index in [2.05, 4.69) is 118 Å². The predicted octanol–water partition coefficient (Wildman–Crippen LogP) is 19.3. The Morgan fingerprint density at radius 2 is 0.630 bits per heavy atom. The lowest BCUT2D eigenvalue weighted by Gasteiger charge is -2.18. The number of unbranched alkanes of at least 4 members (excludes halogenated alkanes) is 13. The fourth-order valence-electron chi connectivity index (χ4n) is 6.89. The van der Waals surface area contributed by atoms with E-state index in [4.69, 9.17) is 14.2 Å². The summed E-state index contributed by atoms with van der Waals surface area (Å²) in [4.78, 5) is 38.2. The minimum absolute atomic E-state index is 0.138. The number of ether oxygens (including phenoxy) is 3. The first-order valence-electron chi connectivity index (χ1n) is 28.4. The molecule has 0 N–H and O–H groups in total. The summed E-state index contributed by atoms with van der Waals surface area (Å²) in [6, 6.07) is 0. The maximum Gasteiger partial charge on any atom is 0.306 e. The Morgan fingerprint density at radius 1 is 0.301 bits per heavy atom. The van der Waals surface area contributed by atoms with Gasteiger partial charge in [0.15, 0.2) is 6.10 Å². The third kappa shape index (κ3) is 57.3. The molecule has 0 saturated heterocycles. The Hall–Kier alpha value is -5.49. The number of hydrogen-bond acceptors (Lipinski definition) is 6. The van der Waals surface area contributed by atoms with Crippen molar-refractivity contribution in [2.75, 3.05) is 13.2 Å². The highest BCUT2D eigenvalue weighted by molar-refractivity contribution is 5.71. The molecule has 1 atom stereocenters. The Morgan fingerprint density at radius 3 is 1.07 bits per heavy atom. The average Bonchev–Trinajstić information content (AvgIpc) is 3.39. The summed E-state index contributed by atoms with van der Waals surface area (Å²) in [5.74, 6) is -1.09. The van der Waals surface area contributed by atoms with Crippen LogP contribution in [0.4, 0.5) is 0 Å². The van der Waals surface area contributed by atoms with Crippen molar-refractivity contribution < 1.29 is 28.6 Å².